The van der Waals surface area contributed by atoms with E-state index in [-0.39, 0.29) is 29.8 Å². The van der Waals surface area contributed by atoms with Gasteiger partial charge >= 0.3 is 0 Å². The minimum Gasteiger partial charge on any atom is -0.347 e. The summed E-state index contributed by atoms with van der Waals surface area (Å²) in [6, 6.07) is 0. The summed E-state index contributed by atoms with van der Waals surface area (Å²) in [5, 5.41) is 0. The molecule has 1 saturated heterocycles. The van der Waals surface area contributed by atoms with Crippen LogP contribution in [0.25, 0.3) is 0 Å². The number of hydrogen-bond acceptors (Lipinski definition) is 3. The van der Waals surface area contributed by atoms with Crippen LogP contribution in [0, 0.1) is 11.8 Å². The highest BCUT2D eigenvalue weighted by atomic mass is 16.7. The summed E-state index contributed by atoms with van der Waals surface area (Å²) in [5.41, 5.74) is 0. The molecule has 0 aliphatic carbocycles. The van der Waals surface area contributed by atoms with Crippen LogP contribution in [-0.2, 0) is 14.3 Å². The van der Waals surface area contributed by atoms with Gasteiger partial charge in [-0.15, -0.1) is 6.58 Å². The molecule has 3 heteroatoms. The highest BCUT2D eigenvalue weighted by Crippen LogP contribution is 2.36. The fraction of sp³-hybridized carbons (Fsp3) is 0.786. The maximum atomic E-state index is 11.5. The van der Waals surface area contributed by atoms with E-state index in [1.165, 1.54) is 0 Å². The van der Waals surface area contributed by atoms with Gasteiger partial charge in [0.05, 0.1) is 12.2 Å². The molecule has 17 heavy (non-hydrogen) atoms. The van der Waals surface area contributed by atoms with Crippen LogP contribution in [-0.4, -0.2) is 23.8 Å². The van der Waals surface area contributed by atoms with Crippen molar-refractivity contribution in [2.24, 2.45) is 11.8 Å². The van der Waals surface area contributed by atoms with E-state index >= 15 is 0 Å². The van der Waals surface area contributed by atoms with Gasteiger partial charge < -0.3 is 9.47 Å². The molecular weight excluding hydrogens is 216 g/mol. The van der Waals surface area contributed by atoms with Crippen LogP contribution in [0.4, 0.5) is 0 Å². The third-order valence-corrected chi connectivity index (χ3v) is 3.49. The summed E-state index contributed by atoms with van der Waals surface area (Å²) in [4.78, 5) is 11.5. The third-order valence-electron chi connectivity index (χ3n) is 3.49. The SMILES string of the molecule is C=CC[C@@H]1OC(C)(C)O[C@@H]([C@H](C)C(C)=O)[C@@H]1C. The minimum atomic E-state index is -0.630. The van der Waals surface area contributed by atoms with Gasteiger partial charge in [0.2, 0.25) is 0 Å². The molecule has 0 saturated carbocycles. The quantitative estimate of drug-likeness (QED) is 0.709. The lowest BCUT2D eigenvalue weighted by atomic mass is 9.84. The van der Waals surface area contributed by atoms with E-state index in [2.05, 4.69) is 13.5 Å². The lowest BCUT2D eigenvalue weighted by Crippen LogP contribution is -2.53. The van der Waals surface area contributed by atoms with E-state index in [4.69, 9.17) is 9.47 Å². The molecule has 0 aromatic rings. The monoisotopic (exact) mass is 240 g/mol. The van der Waals surface area contributed by atoms with Gasteiger partial charge in [-0.3, -0.25) is 4.79 Å². The van der Waals surface area contributed by atoms with Crippen LogP contribution in [0.2, 0.25) is 0 Å². The second kappa shape index (κ2) is 5.32. The van der Waals surface area contributed by atoms with Crippen LogP contribution in [0.15, 0.2) is 12.7 Å². The van der Waals surface area contributed by atoms with Crippen LogP contribution in [0.1, 0.15) is 41.0 Å². The summed E-state index contributed by atoms with van der Waals surface area (Å²) in [6.45, 7) is 13.2. The number of ketones is 1. The van der Waals surface area contributed by atoms with Crippen molar-refractivity contribution in [3.63, 3.8) is 0 Å². The second-order valence-corrected chi connectivity index (χ2v) is 5.42. The van der Waals surface area contributed by atoms with Gasteiger partial charge in [0.25, 0.3) is 0 Å². The maximum Gasteiger partial charge on any atom is 0.163 e. The van der Waals surface area contributed by atoms with E-state index in [9.17, 15) is 4.79 Å². The molecule has 1 heterocycles. The van der Waals surface area contributed by atoms with E-state index in [1.807, 2.05) is 26.8 Å². The number of rotatable bonds is 4. The zero-order valence-corrected chi connectivity index (χ0v) is 11.5. The Morgan fingerprint density at radius 1 is 1.47 bits per heavy atom. The Balaban J connectivity index is 2.88. The van der Waals surface area contributed by atoms with Crippen molar-refractivity contribution in [1.82, 2.24) is 0 Å². The molecule has 1 aliphatic rings. The van der Waals surface area contributed by atoms with Crippen molar-refractivity contribution < 1.29 is 14.3 Å². The molecule has 0 N–H and O–H groups in total. The minimum absolute atomic E-state index is 0.0723. The normalized spacial score (nSPS) is 34.1. The Labute approximate surface area is 104 Å². The highest BCUT2D eigenvalue weighted by Gasteiger charge is 2.43. The van der Waals surface area contributed by atoms with Crippen molar-refractivity contribution in [3.8, 4) is 0 Å². The Kier molecular flexibility index (Phi) is 4.50. The van der Waals surface area contributed by atoms with Gasteiger partial charge in [0.1, 0.15) is 5.78 Å². The first-order chi connectivity index (χ1) is 7.78. The number of hydrogen-bond donors (Lipinski definition) is 0. The summed E-state index contributed by atoms with van der Waals surface area (Å²) in [5.74, 6) is -0.369. The van der Waals surface area contributed by atoms with Crippen molar-refractivity contribution in [2.75, 3.05) is 0 Å². The predicted octanol–water partition coefficient (Wildman–Crippen LogP) is 2.94. The molecule has 1 rings (SSSR count). The average Bonchev–Trinajstić information content (AvgIpc) is 2.21. The number of carbonyl (C=O) groups excluding carboxylic acids is 1. The predicted molar refractivity (Wildman–Crippen MR) is 67.6 cm³/mol. The lowest BCUT2D eigenvalue weighted by Gasteiger charge is -2.46. The standard InChI is InChI=1S/C14H24O3/c1-7-8-12-10(3)13(9(2)11(4)15)17-14(5,6)16-12/h7,9-10,12-13H,1,8H2,2-6H3/t9-,10-,12+,13+/m1/s1. The molecule has 1 fully saturated rings. The van der Waals surface area contributed by atoms with Gasteiger partial charge in [0, 0.05) is 11.8 Å². The zero-order chi connectivity index (χ0) is 13.2. The smallest absolute Gasteiger partial charge is 0.163 e. The van der Waals surface area contributed by atoms with E-state index < -0.39 is 5.79 Å². The first kappa shape index (κ1) is 14.4. The third kappa shape index (κ3) is 3.39. The molecule has 0 bridgehead atoms. The van der Waals surface area contributed by atoms with E-state index in [0.29, 0.717) is 0 Å². The summed E-state index contributed by atoms with van der Waals surface area (Å²) < 4.78 is 11.8. The fourth-order valence-electron chi connectivity index (χ4n) is 2.36. The highest BCUT2D eigenvalue weighted by molar-refractivity contribution is 5.78. The molecule has 0 aromatic carbocycles. The molecule has 0 amide bonds. The van der Waals surface area contributed by atoms with Crippen LogP contribution in [0.3, 0.4) is 0 Å². The average molecular weight is 240 g/mol. The molecule has 1 aliphatic heterocycles. The molecule has 98 valence electrons. The Bertz CT molecular complexity index is 296. The molecule has 0 radical (unpaired) electrons. The van der Waals surface area contributed by atoms with Gasteiger partial charge in [-0.25, -0.2) is 0 Å². The zero-order valence-electron chi connectivity index (χ0n) is 11.5. The van der Waals surface area contributed by atoms with E-state index in [1.54, 1.807) is 6.92 Å². The number of Topliss-reactive ketones (excluding diaryl/α,β-unsaturated/α-hetero) is 1. The van der Waals surface area contributed by atoms with Crippen LogP contribution in [0.5, 0.6) is 0 Å². The Morgan fingerprint density at radius 3 is 2.53 bits per heavy atom. The van der Waals surface area contributed by atoms with Gasteiger partial charge in [-0.2, -0.15) is 0 Å². The van der Waals surface area contributed by atoms with Crippen molar-refractivity contribution in [1.29, 1.82) is 0 Å². The fourth-order valence-corrected chi connectivity index (χ4v) is 2.36. The maximum absolute atomic E-state index is 11.5. The van der Waals surface area contributed by atoms with Crippen LogP contribution >= 0.6 is 0 Å². The molecule has 0 spiro atoms. The van der Waals surface area contributed by atoms with Crippen molar-refractivity contribution in [2.45, 2.75) is 59.0 Å². The van der Waals surface area contributed by atoms with E-state index in [0.717, 1.165) is 6.42 Å². The molecule has 0 aromatic heterocycles. The molecule has 4 atom stereocenters. The first-order valence-corrected chi connectivity index (χ1v) is 6.25. The molecular formula is C14H24O3. The van der Waals surface area contributed by atoms with Gasteiger partial charge in [-0.05, 0) is 27.2 Å². The molecule has 0 unspecified atom stereocenters. The summed E-state index contributed by atoms with van der Waals surface area (Å²) in [7, 11) is 0. The van der Waals surface area contributed by atoms with Crippen molar-refractivity contribution in [3.05, 3.63) is 12.7 Å². The molecule has 3 nitrogen and oxygen atoms in total. The van der Waals surface area contributed by atoms with Gasteiger partial charge in [-0.1, -0.05) is 19.9 Å². The summed E-state index contributed by atoms with van der Waals surface area (Å²) in [6.07, 6.45) is 2.64. The Hall–Kier alpha value is -0.670. The Morgan fingerprint density at radius 2 is 2.06 bits per heavy atom. The number of ether oxygens (including phenoxy) is 2. The van der Waals surface area contributed by atoms with Crippen molar-refractivity contribution >= 4 is 5.78 Å². The number of carbonyl (C=O) groups is 1. The van der Waals surface area contributed by atoms with Gasteiger partial charge in [0.15, 0.2) is 5.79 Å². The van der Waals surface area contributed by atoms with Crippen LogP contribution < -0.4 is 0 Å². The second-order valence-electron chi connectivity index (χ2n) is 5.42. The first-order valence-electron chi connectivity index (χ1n) is 6.25. The summed E-state index contributed by atoms with van der Waals surface area (Å²) >= 11 is 0. The topological polar surface area (TPSA) is 35.5 Å². The largest absolute Gasteiger partial charge is 0.347 e. The lowest BCUT2D eigenvalue weighted by molar-refractivity contribution is -0.323.